The number of hydrogen-bond acceptors (Lipinski definition) is 1. The average Bonchev–Trinajstić information content (AvgIpc) is 2.31. The van der Waals surface area contributed by atoms with Crippen molar-refractivity contribution in [2.75, 3.05) is 5.32 Å². The average molecular weight is 168 g/mol. The van der Waals surface area contributed by atoms with Crippen LogP contribution in [-0.4, -0.2) is 6.04 Å². The van der Waals surface area contributed by atoms with E-state index in [-0.39, 0.29) is 0 Å². The molecule has 0 aliphatic carbocycles. The highest BCUT2D eigenvalue weighted by Gasteiger charge is 2.17. The van der Waals surface area contributed by atoms with Gasteiger partial charge in [-0.3, -0.25) is 0 Å². The van der Waals surface area contributed by atoms with Crippen molar-refractivity contribution >= 4 is 17.3 Å². The fourth-order valence-electron chi connectivity index (χ4n) is 1.53. The lowest BCUT2D eigenvalue weighted by Crippen LogP contribution is -2.08. The Hall–Kier alpha value is -0.690. The van der Waals surface area contributed by atoms with E-state index < -0.39 is 0 Å². The Balaban J connectivity index is 2.49. The summed E-state index contributed by atoms with van der Waals surface area (Å²) in [4.78, 5) is 0. The van der Waals surface area contributed by atoms with Gasteiger partial charge in [-0.25, -0.2) is 0 Å². The predicted octanol–water partition coefficient (Wildman–Crippen LogP) is 2.70. The standard InChI is InChI=1S/C9H10ClN/c1-6-5-7-3-2-4-8(10)9(7)11-6/h2-4,6,11H,5H2,1H3. The van der Waals surface area contributed by atoms with E-state index in [4.69, 9.17) is 11.6 Å². The first-order valence-corrected chi connectivity index (χ1v) is 4.19. The summed E-state index contributed by atoms with van der Waals surface area (Å²) in [6.07, 6.45) is 1.09. The molecule has 0 fully saturated rings. The van der Waals surface area contributed by atoms with Crippen molar-refractivity contribution in [2.45, 2.75) is 19.4 Å². The molecule has 0 amide bonds. The third-order valence-electron chi connectivity index (χ3n) is 2.02. The van der Waals surface area contributed by atoms with Crippen molar-refractivity contribution in [3.8, 4) is 0 Å². The summed E-state index contributed by atoms with van der Waals surface area (Å²) >= 11 is 5.97. The lowest BCUT2D eigenvalue weighted by Gasteiger charge is -2.03. The lowest BCUT2D eigenvalue weighted by atomic mass is 10.1. The summed E-state index contributed by atoms with van der Waals surface area (Å²) < 4.78 is 0. The van der Waals surface area contributed by atoms with E-state index in [0.717, 1.165) is 17.1 Å². The smallest absolute Gasteiger partial charge is 0.0640 e. The van der Waals surface area contributed by atoms with E-state index in [1.165, 1.54) is 5.56 Å². The van der Waals surface area contributed by atoms with Crippen molar-refractivity contribution in [3.05, 3.63) is 28.8 Å². The Bertz CT molecular complexity index is 283. The van der Waals surface area contributed by atoms with Gasteiger partial charge in [-0.1, -0.05) is 23.7 Å². The Labute approximate surface area is 71.4 Å². The van der Waals surface area contributed by atoms with Gasteiger partial charge in [0.1, 0.15) is 0 Å². The van der Waals surface area contributed by atoms with Crippen molar-refractivity contribution in [1.82, 2.24) is 0 Å². The summed E-state index contributed by atoms with van der Waals surface area (Å²) in [6.45, 7) is 2.16. The zero-order chi connectivity index (χ0) is 7.84. The maximum Gasteiger partial charge on any atom is 0.0640 e. The number of fused-ring (bicyclic) bond motifs is 1. The van der Waals surface area contributed by atoms with Gasteiger partial charge in [0, 0.05) is 6.04 Å². The molecule has 0 aromatic heterocycles. The highest BCUT2D eigenvalue weighted by molar-refractivity contribution is 6.33. The van der Waals surface area contributed by atoms with Crippen LogP contribution >= 0.6 is 11.6 Å². The van der Waals surface area contributed by atoms with E-state index in [0.29, 0.717) is 6.04 Å². The molecule has 1 aliphatic heterocycles. The molecule has 11 heavy (non-hydrogen) atoms. The number of rotatable bonds is 0. The van der Waals surface area contributed by atoms with Crippen LogP contribution in [-0.2, 0) is 6.42 Å². The zero-order valence-corrected chi connectivity index (χ0v) is 7.15. The largest absolute Gasteiger partial charge is 0.381 e. The second kappa shape index (κ2) is 2.42. The molecule has 1 nitrogen and oxygen atoms in total. The van der Waals surface area contributed by atoms with Crippen molar-refractivity contribution in [3.63, 3.8) is 0 Å². The summed E-state index contributed by atoms with van der Waals surface area (Å²) in [5.41, 5.74) is 2.46. The molecule has 2 rings (SSSR count). The van der Waals surface area contributed by atoms with Gasteiger partial charge in [-0.05, 0) is 25.0 Å². The molecule has 1 aliphatic rings. The molecule has 1 N–H and O–H groups in total. The van der Waals surface area contributed by atoms with Gasteiger partial charge in [0.15, 0.2) is 0 Å². The summed E-state index contributed by atoms with van der Waals surface area (Å²) in [7, 11) is 0. The van der Waals surface area contributed by atoms with Crippen LogP contribution in [0.3, 0.4) is 0 Å². The highest BCUT2D eigenvalue weighted by atomic mass is 35.5. The van der Waals surface area contributed by atoms with Crippen LogP contribution in [0, 0.1) is 0 Å². The van der Waals surface area contributed by atoms with Gasteiger partial charge in [0.05, 0.1) is 10.7 Å². The van der Waals surface area contributed by atoms with Gasteiger partial charge in [-0.15, -0.1) is 0 Å². The van der Waals surface area contributed by atoms with Gasteiger partial charge in [-0.2, -0.15) is 0 Å². The van der Waals surface area contributed by atoms with Gasteiger partial charge in [0.2, 0.25) is 0 Å². The van der Waals surface area contributed by atoms with E-state index in [1.807, 2.05) is 12.1 Å². The summed E-state index contributed by atoms with van der Waals surface area (Å²) in [6, 6.07) is 6.58. The van der Waals surface area contributed by atoms with Gasteiger partial charge < -0.3 is 5.32 Å². The van der Waals surface area contributed by atoms with Crippen LogP contribution in [0.5, 0.6) is 0 Å². The predicted molar refractivity (Wildman–Crippen MR) is 48.2 cm³/mol. The van der Waals surface area contributed by atoms with Crippen LogP contribution in [0.15, 0.2) is 18.2 Å². The second-order valence-corrected chi connectivity index (χ2v) is 3.43. The molecule has 0 saturated carbocycles. The maximum atomic E-state index is 5.97. The van der Waals surface area contributed by atoms with Crippen molar-refractivity contribution in [2.24, 2.45) is 0 Å². The van der Waals surface area contributed by atoms with Crippen LogP contribution in [0.4, 0.5) is 5.69 Å². The molecule has 58 valence electrons. The van der Waals surface area contributed by atoms with Crippen molar-refractivity contribution < 1.29 is 0 Å². The first-order chi connectivity index (χ1) is 5.27. The number of nitrogens with one attached hydrogen (secondary N) is 1. The number of benzene rings is 1. The minimum absolute atomic E-state index is 0.532. The molecule has 0 spiro atoms. The van der Waals surface area contributed by atoms with Crippen LogP contribution < -0.4 is 5.32 Å². The zero-order valence-electron chi connectivity index (χ0n) is 6.39. The number of anilines is 1. The fourth-order valence-corrected chi connectivity index (χ4v) is 1.78. The Morgan fingerprint density at radius 1 is 1.55 bits per heavy atom. The first-order valence-electron chi connectivity index (χ1n) is 3.81. The number of para-hydroxylation sites is 1. The second-order valence-electron chi connectivity index (χ2n) is 3.02. The Morgan fingerprint density at radius 2 is 2.36 bits per heavy atom. The molecule has 1 aromatic carbocycles. The minimum atomic E-state index is 0.532. The molecule has 1 aromatic rings. The van der Waals surface area contributed by atoms with Crippen LogP contribution in [0.1, 0.15) is 12.5 Å². The number of hydrogen-bond donors (Lipinski definition) is 1. The highest BCUT2D eigenvalue weighted by Crippen LogP contribution is 2.32. The SMILES string of the molecule is CC1Cc2cccc(Cl)c2N1. The first kappa shape index (κ1) is 6.99. The molecule has 0 radical (unpaired) electrons. The van der Waals surface area contributed by atoms with E-state index in [9.17, 15) is 0 Å². The van der Waals surface area contributed by atoms with E-state index in [2.05, 4.69) is 18.3 Å². The Kier molecular flexibility index (Phi) is 1.53. The minimum Gasteiger partial charge on any atom is -0.381 e. The van der Waals surface area contributed by atoms with Crippen LogP contribution in [0.2, 0.25) is 5.02 Å². The number of halogens is 1. The van der Waals surface area contributed by atoms with Gasteiger partial charge in [0.25, 0.3) is 0 Å². The van der Waals surface area contributed by atoms with Gasteiger partial charge >= 0.3 is 0 Å². The molecule has 2 heteroatoms. The summed E-state index contributed by atoms with van der Waals surface area (Å²) in [5.74, 6) is 0. The topological polar surface area (TPSA) is 12.0 Å². The monoisotopic (exact) mass is 167 g/mol. The molecule has 0 bridgehead atoms. The van der Waals surface area contributed by atoms with Crippen molar-refractivity contribution in [1.29, 1.82) is 0 Å². The lowest BCUT2D eigenvalue weighted by molar-refractivity contribution is 0.839. The molecule has 1 heterocycles. The third-order valence-corrected chi connectivity index (χ3v) is 2.33. The quantitative estimate of drug-likeness (QED) is 0.627. The summed E-state index contributed by atoms with van der Waals surface area (Å²) in [5, 5.41) is 4.17. The molecule has 0 saturated heterocycles. The Morgan fingerprint density at radius 3 is 3.09 bits per heavy atom. The molecular weight excluding hydrogens is 158 g/mol. The van der Waals surface area contributed by atoms with E-state index in [1.54, 1.807) is 0 Å². The molecular formula is C9H10ClN. The molecule has 1 atom stereocenters. The fraction of sp³-hybridized carbons (Fsp3) is 0.333. The normalized spacial score (nSPS) is 21.1. The third kappa shape index (κ3) is 1.10. The molecule has 1 unspecified atom stereocenters. The van der Waals surface area contributed by atoms with Crippen LogP contribution in [0.25, 0.3) is 0 Å². The van der Waals surface area contributed by atoms with E-state index >= 15 is 0 Å². The maximum absolute atomic E-state index is 5.97.